The molecule has 0 spiro atoms. The van der Waals surface area contributed by atoms with Gasteiger partial charge in [-0.3, -0.25) is 0 Å². The zero-order chi connectivity index (χ0) is 14.1. The van der Waals surface area contributed by atoms with Crippen LogP contribution < -0.4 is 5.32 Å². The summed E-state index contributed by atoms with van der Waals surface area (Å²) in [4.78, 5) is 0. The SMILES string of the molecule is COCCCOC(CNC(C)C)c1ccccc1F. The van der Waals surface area contributed by atoms with E-state index in [9.17, 15) is 4.39 Å². The van der Waals surface area contributed by atoms with Crippen LogP contribution in [0.5, 0.6) is 0 Å². The van der Waals surface area contributed by atoms with Crippen LogP contribution in [0.15, 0.2) is 24.3 Å². The molecule has 0 amide bonds. The predicted octanol–water partition coefficient (Wildman–Crippen LogP) is 2.92. The fourth-order valence-electron chi connectivity index (χ4n) is 1.77. The van der Waals surface area contributed by atoms with Gasteiger partial charge in [0.1, 0.15) is 5.82 Å². The molecule has 0 aromatic heterocycles. The van der Waals surface area contributed by atoms with Crippen LogP contribution in [0.25, 0.3) is 0 Å². The van der Waals surface area contributed by atoms with E-state index < -0.39 is 0 Å². The lowest BCUT2D eigenvalue weighted by Gasteiger charge is -2.21. The average molecular weight is 269 g/mol. The summed E-state index contributed by atoms with van der Waals surface area (Å²) in [7, 11) is 1.66. The molecule has 3 nitrogen and oxygen atoms in total. The molecular weight excluding hydrogens is 245 g/mol. The zero-order valence-electron chi connectivity index (χ0n) is 12.0. The van der Waals surface area contributed by atoms with Gasteiger partial charge in [0.25, 0.3) is 0 Å². The maximum absolute atomic E-state index is 13.8. The highest BCUT2D eigenvalue weighted by Crippen LogP contribution is 2.20. The lowest BCUT2D eigenvalue weighted by Crippen LogP contribution is -2.29. The van der Waals surface area contributed by atoms with Crippen LogP contribution in [-0.2, 0) is 9.47 Å². The zero-order valence-corrected chi connectivity index (χ0v) is 12.0. The summed E-state index contributed by atoms with van der Waals surface area (Å²) < 4.78 is 24.6. The molecule has 0 saturated carbocycles. The summed E-state index contributed by atoms with van der Waals surface area (Å²) in [5.74, 6) is -0.218. The maximum Gasteiger partial charge on any atom is 0.129 e. The third-order valence-corrected chi connectivity index (χ3v) is 2.78. The fourth-order valence-corrected chi connectivity index (χ4v) is 1.77. The summed E-state index contributed by atoms with van der Waals surface area (Å²) in [5, 5.41) is 3.29. The van der Waals surface area contributed by atoms with Gasteiger partial charge in [0.05, 0.1) is 6.10 Å². The number of rotatable bonds is 9. The van der Waals surface area contributed by atoms with Crippen molar-refractivity contribution in [1.29, 1.82) is 0 Å². The van der Waals surface area contributed by atoms with Gasteiger partial charge in [-0.15, -0.1) is 0 Å². The first kappa shape index (κ1) is 16.1. The van der Waals surface area contributed by atoms with Crippen LogP contribution in [0, 0.1) is 5.82 Å². The Morgan fingerprint density at radius 2 is 1.95 bits per heavy atom. The molecule has 0 radical (unpaired) electrons. The molecule has 0 fully saturated rings. The second kappa shape index (κ2) is 9.02. The van der Waals surface area contributed by atoms with Gasteiger partial charge in [-0.25, -0.2) is 4.39 Å². The van der Waals surface area contributed by atoms with Gasteiger partial charge >= 0.3 is 0 Å². The van der Waals surface area contributed by atoms with E-state index >= 15 is 0 Å². The first-order chi connectivity index (χ1) is 9.15. The summed E-state index contributed by atoms with van der Waals surface area (Å²) >= 11 is 0. The molecule has 1 atom stereocenters. The van der Waals surface area contributed by atoms with Crippen molar-refractivity contribution in [3.8, 4) is 0 Å². The van der Waals surface area contributed by atoms with Crippen molar-refractivity contribution >= 4 is 0 Å². The van der Waals surface area contributed by atoms with E-state index in [4.69, 9.17) is 9.47 Å². The van der Waals surface area contributed by atoms with Gasteiger partial charge in [0, 0.05) is 38.5 Å². The summed E-state index contributed by atoms with van der Waals surface area (Å²) in [5.41, 5.74) is 0.605. The van der Waals surface area contributed by atoms with Crippen LogP contribution in [0.2, 0.25) is 0 Å². The Kier molecular flexibility index (Phi) is 7.63. The lowest BCUT2D eigenvalue weighted by atomic mass is 10.1. The van der Waals surface area contributed by atoms with Crippen molar-refractivity contribution in [2.24, 2.45) is 0 Å². The number of hydrogen-bond acceptors (Lipinski definition) is 3. The lowest BCUT2D eigenvalue weighted by molar-refractivity contribution is 0.0358. The molecule has 0 aliphatic rings. The summed E-state index contributed by atoms with van der Waals surface area (Å²) in [6.45, 7) is 5.94. The Morgan fingerprint density at radius 3 is 2.58 bits per heavy atom. The molecule has 0 aliphatic carbocycles. The number of nitrogens with one attached hydrogen (secondary N) is 1. The second-order valence-corrected chi connectivity index (χ2v) is 4.79. The molecule has 1 aromatic rings. The topological polar surface area (TPSA) is 30.5 Å². The fraction of sp³-hybridized carbons (Fsp3) is 0.600. The van der Waals surface area contributed by atoms with Gasteiger partial charge in [0.2, 0.25) is 0 Å². The highest BCUT2D eigenvalue weighted by molar-refractivity contribution is 5.20. The summed E-state index contributed by atoms with van der Waals surface area (Å²) in [6, 6.07) is 7.11. The minimum atomic E-state index is -0.263. The highest BCUT2D eigenvalue weighted by Gasteiger charge is 2.16. The Bertz CT molecular complexity index is 358. The van der Waals surface area contributed by atoms with Gasteiger partial charge in [-0.1, -0.05) is 32.0 Å². The van der Waals surface area contributed by atoms with Crippen LogP contribution in [0.1, 0.15) is 31.9 Å². The van der Waals surface area contributed by atoms with E-state index in [0.717, 1.165) is 6.42 Å². The highest BCUT2D eigenvalue weighted by atomic mass is 19.1. The van der Waals surface area contributed by atoms with E-state index in [2.05, 4.69) is 19.2 Å². The molecule has 0 saturated heterocycles. The minimum Gasteiger partial charge on any atom is -0.385 e. The van der Waals surface area contributed by atoms with Gasteiger partial charge in [-0.05, 0) is 12.5 Å². The predicted molar refractivity (Wildman–Crippen MR) is 74.7 cm³/mol. The standard InChI is InChI=1S/C15H24FNO2/c1-12(2)17-11-15(19-10-6-9-18-3)13-7-4-5-8-14(13)16/h4-5,7-8,12,15,17H,6,9-11H2,1-3H3. The van der Waals surface area contributed by atoms with Crippen LogP contribution >= 0.6 is 0 Å². The number of halogens is 1. The first-order valence-corrected chi connectivity index (χ1v) is 6.73. The van der Waals surface area contributed by atoms with Crippen molar-refractivity contribution in [1.82, 2.24) is 5.32 Å². The van der Waals surface area contributed by atoms with Gasteiger partial charge in [0.15, 0.2) is 0 Å². The first-order valence-electron chi connectivity index (χ1n) is 6.73. The Morgan fingerprint density at radius 1 is 1.21 bits per heavy atom. The maximum atomic E-state index is 13.8. The molecule has 1 rings (SSSR count). The quantitative estimate of drug-likeness (QED) is 0.699. The van der Waals surface area contributed by atoms with E-state index in [1.165, 1.54) is 6.07 Å². The van der Waals surface area contributed by atoms with E-state index in [0.29, 0.717) is 31.4 Å². The normalized spacial score (nSPS) is 12.9. The van der Waals surface area contributed by atoms with Crippen molar-refractivity contribution in [2.75, 3.05) is 26.9 Å². The summed E-state index contributed by atoms with van der Waals surface area (Å²) in [6.07, 6.45) is 0.545. The van der Waals surface area contributed by atoms with E-state index in [1.54, 1.807) is 19.2 Å². The van der Waals surface area contributed by atoms with Crippen molar-refractivity contribution in [2.45, 2.75) is 32.4 Å². The van der Waals surface area contributed by atoms with E-state index in [-0.39, 0.29) is 11.9 Å². The third kappa shape index (κ3) is 6.14. The largest absolute Gasteiger partial charge is 0.385 e. The monoisotopic (exact) mass is 269 g/mol. The number of ether oxygens (including phenoxy) is 2. The van der Waals surface area contributed by atoms with Crippen molar-refractivity contribution in [3.05, 3.63) is 35.6 Å². The molecule has 0 aliphatic heterocycles. The number of hydrogen-bond donors (Lipinski definition) is 1. The molecule has 1 aromatic carbocycles. The third-order valence-electron chi connectivity index (χ3n) is 2.78. The number of methoxy groups -OCH3 is 1. The van der Waals surface area contributed by atoms with Crippen LogP contribution in [-0.4, -0.2) is 32.9 Å². The molecule has 0 bridgehead atoms. The Balaban J connectivity index is 2.60. The molecule has 1 N–H and O–H groups in total. The molecule has 4 heteroatoms. The Hall–Kier alpha value is -0.970. The average Bonchev–Trinajstić information content (AvgIpc) is 2.39. The molecule has 0 heterocycles. The molecule has 19 heavy (non-hydrogen) atoms. The second-order valence-electron chi connectivity index (χ2n) is 4.79. The molecule has 108 valence electrons. The van der Waals surface area contributed by atoms with Gasteiger partial charge in [-0.2, -0.15) is 0 Å². The molecular formula is C15H24FNO2. The van der Waals surface area contributed by atoms with Crippen molar-refractivity contribution < 1.29 is 13.9 Å². The smallest absolute Gasteiger partial charge is 0.129 e. The van der Waals surface area contributed by atoms with Crippen LogP contribution in [0.4, 0.5) is 4.39 Å². The van der Waals surface area contributed by atoms with Crippen molar-refractivity contribution in [3.63, 3.8) is 0 Å². The number of benzene rings is 1. The van der Waals surface area contributed by atoms with E-state index in [1.807, 2.05) is 6.07 Å². The molecule has 1 unspecified atom stereocenters. The van der Waals surface area contributed by atoms with Gasteiger partial charge < -0.3 is 14.8 Å². The Labute approximate surface area is 115 Å². The van der Waals surface area contributed by atoms with Crippen LogP contribution in [0.3, 0.4) is 0 Å². The minimum absolute atomic E-state index is 0.218.